The Kier molecular flexibility index (Phi) is 6.64. The number of carbonyl (C=O) groups excluding carboxylic acids is 2. The number of amides is 2. The van der Waals surface area contributed by atoms with Crippen molar-refractivity contribution in [2.75, 3.05) is 19.7 Å². The van der Waals surface area contributed by atoms with E-state index in [1.165, 1.54) is 12.1 Å². The van der Waals surface area contributed by atoms with Gasteiger partial charge in [0.05, 0.1) is 18.1 Å². The van der Waals surface area contributed by atoms with E-state index >= 15 is 0 Å². The average molecular weight is 426 g/mol. The van der Waals surface area contributed by atoms with Crippen LogP contribution in [-0.4, -0.2) is 48.5 Å². The number of alkyl halides is 3. The Bertz CT molecular complexity index is 823. The van der Waals surface area contributed by atoms with Crippen LogP contribution < -0.4 is 11.5 Å². The molecule has 1 aromatic rings. The number of halogens is 3. The minimum absolute atomic E-state index is 0.0189. The number of benzene rings is 1. The zero-order valence-electron chi connectivity index (χ0n) is 16.5. The van der Waals surface area contributed by atoms with Crippen LogP contribution in [0.3, 0.4) is 0 Å². The normalized spacial score (nSPS) is 20.2. The van der Waals surface area contributed by atoms with Crippen molar-refractivity contribution in [3.05, 3.63) is 34.9 Å². The molecule has 0 bridgehead atoms. The van der Waals surface area contributed by atoms with Gasteiger partial charge in [0.15, 0.2) is 5.96 Å². The lowest BCUT2D eigenvalue weighted by Crippen LogP contribution is -2.39. The molecule has 1 aromatic carbocycles. The van der Waals surface area contributed by atoms with Gasteiger partial charge in [0.1, 0.15) is 0 Å². The Morgan fingerprint density at radius 3 is 2.43 bits per heavy atom. The second-order valence-electron chi connectivity index (χ2n) is 7.64. The molecular formula is C20H25F3N4O3. The van der Waals surface area contributed by atoms with Crippen molar-refractivity contribution >= 4 is 17.8 Å². The molecule has 0 aromatic heterocycles. The highest BCUT2D eigenvalue weighted by molar-refractivity contribution is 6.02. The lowest BCUT2D eigenvalue weighted by Gasteiger charge is -2.34. The second kappa shape index (κ2) is 9.03. The lowest BCUT2D eigenvalue weighted by atomic mass is 9.85. The summed E-state index contributed by atoms with van der Waals surface area (Å²) in [6.07, 6.45) is -1.72. The molecule has 0 saturated carbocycles. The minimum Gasteiger partial charge on any atom is -0.378 e. The number of nitrogens with zero attached hydrogens (tertiary/aromatic N) is 2. The molecule has 10 heteroatoms. The van der Waals surface area contributed by atoms with E-state index in [2.05, 4.69) is 4.99 Å². The molecule has 2 fully saturated rings. The first-order valence-corrected chi connectivity index (χ1v) is 9.89. The summed E-state index contributed by atoms with van der Waals surface area (Å²) in [7, 11) is 0. The maximum absolute atomic E-state index is 13.7. The molecule has 0 spiro atoms. The quantitative estimate of drug-likeness (QED) is 0.567. The van der Waals surface area contributed by atoms with Gasteiger partial charge in [-0.15, -0.1) is 0 Å². The van der Waals surface area contributed by atoms with E-state index in [1.54, 1.807) is 4.90 Å². The van der Waals surface area contributed by atoms with E-state index in [1.807, 2.05) is 0 Å². The molecule has 164 valence electrons. The highest BCUT2D eigenvalue weighted by atomic mass is 19.4. The van der Waals surface area contributed by atoms with Crippen molar-refractivity contribution in [3.63, 3.8) is 0 Å². The molecule has 4 N–H and O–H groups in total. The fraction of sp³-hybridized carbons (Fsp3) is 0.550. The number of likely N-dealkylation sites (tertiary alicyclic amines) is 1. The molecule has 0 radical (unpaired) electrons. The fourth-order valence-electron chi connectivity index (χ4n) is 4.04. The third-order valence-electron chi connectivity index (χ3n) is 5.55. The van der Waals surface area contributed by atoms with Gasteiger partial charge in [-0.2, -0.15) is 18.2 Å². The van der Waals surface area contributed by atoms with Crippen molar-refractivity contribution in [3.8, 4) is 0 Å². The van der Waals surface area contributed by atoms with Crippen LogP contribution in [0.5, 0.6) is 0 Å². The van der Waals surface area contributed by atoms with Crippen LogP contribution in [0.15, 0.2) is 23.2 Å². The molecule has 2 aliphatic rings. The molecule has 7 nitrogen and oxygen atoms in total. The standard InChI is InChI=1S/C20H25F3N4O3/c21-20(22,23)16-10-13(18(29)26-19(24)25)3-4-15(16)12-5-7-27(8-6-12)17(28)11-14-2-1-9-30-14/h3-4,10,12,14H,1-2,5-9,11H2,(H4,24,25,26,29). The highest BCUT2D eigenvalue weighted by Crippen LogP contribution is 2.39. The Morgan fingerprint density at radius 2 is 1.87 bits per heavy atom. The first kappa shape index (κ1) is 22.1. The topological polar surface area (TPSA) is 111 Å². The number of nitrogens with two attached hydrogens (primary N) is 2. The number of hydrogen-bond donors (Lipinski definition) is 2. The molecule has 2 saturated heterocycles. The molecule has 3 rings (SSSR count). The predicted octanol–water partition coefficient (Wildman–Crippen LogP) is 2.39. The number of ether oxygens (including phenoxy) is 1. The van der Waals surface area contributed by atoms with Gasteiger partial charge in [0, 0.05) is 25.3 Å². The van der Waals surface area contributed by atoms with Crippen LogP contribution in [-0.2, 0) is 15.7 Å². The molecule has 0 aliphatic carbocycles. The summed E-state index contributed by atoms with van der Waals surface area (Å²) < 4.78 is 46.5. The van der Waals surface area contributed by atoms with Crippen LogP contribution >= 0.6 is 0 Å². The van der Waals surface area contributed by atoms with Crippen molar-refractivity contribution in [1.29, 1.82) is 0 Å². The number of hydrogen-bond acceptors (Lipinski definition) is 3. The summed E-state index contributed by atoms with van der Waals surface area (Å²) in [4.78, 5) is 29.3. The third-order valence-corrected chi connectivity index (χ3v) is 5.55. The summed E-state index contributed by atoms with van der Waals surface area (Å²) in [5.41, 5.74) is 9.29. The van der Waals surface area contributed by atoms with Crippen molar-refractivity contribution in [2.45, 2.75) is 50.3 Å². The van der Waals surface area contributed by atoms with Gasteiger partial charge in [0.2, 0.25) is 5.91 Å². The number of aliphatic imine (C=N–C) groups is 1. The fourth-order valence-corrected chi connectivity index (χ4v) is 4.04. The van der Waals surface area contributed by atoms with Crippen molar-refractivity contribution < 1.29 is 27.5 Å². The van der Waals surface area contributed by atoms with E-state index in [9.17, 15) is 22.8 Å². The lowest BCUT2D eigenvalue weighted by molar-refractivity contribution is -0.139. The van der Waals surface area contributed by atoms with Gasteiger partial charge in [-0.25, -0.2) is 0 Å². The van der Waals surface area contributed by atoms with Crippen molar-refractivity contribution in [2.24, 2.45) is 16.5 Å². The van der Waals surface area contributed by atoms with Crippen LogP contribution in [0.2, 0.25) is 0 Å². The first-order valence-electron chi connectivity index (χ1n) is 9.89. The summed E-state index contributed by atoms with van der Waals surface area (Å²) in [5, 5.41) is 0. The second-order valence-corrected chi connectivity index (χ2v) is 7.64. The Balaban J connectivity index is 1.72. The van der Waals surface area contributed by atoms with Crippen LogP contribution in [0.1, 0.15) is 59.5 Å². The Labute approximate surface area is 172 Å². The largest absolute Gasteiger partial charge is 0.416 e. The van der Waals surface area contributed by atoms with Gasteiger partial charge >= 0.3 is 6.18 Å². The third kappa shape index (κ3) is 5.29. The van der Waals surface area contributed by atoms with Gasteiger partial charge in [-0.3, -0.25) is 9.59 Å². The summed E-state index contributed by atoms with van der Waals surface area (Å²) in [5.74, 6) is -1.82. The maximum atomic E-state index is 13.7. The van der Waals surface area contributed by atoms with Crippen LogP contribution in [0.25, 0.3) is 0 Å². The molecule has 2 heterocycles. The number of rotatable bonds is 4. The van der Waals surface area contributed by atoms with E-state index in [-0.39, 0.29) is 29.1 Å². The zero-order chi connectivity index (χ0) is 21.9. The molecule has 1 atom stereocenters. The smallest absolute Gasteiger partial charge is 0.378 e. The number of guanidine groups is 1. The molecule has 1 unspecified atom stereocenters. The first-order chi connectivity index (χ1) is 14.1. The van der Waals surface area contributed by atoms with Gasteiger partial charge in [-0.05, 0) is 49.3 Å². The maximum Gasteiger partial charge on any atom is 0.416 e. The zero-order valence-corrected chi connectivity index (χ0v) is 16.5. The minimum atomic E-state index is -4.63. The molecule has 30 heavy (non-hydrogen) atoms. The van der Waals surface area contributed by atoms with E-state index in [0.717, 1.165) is 18.9 Å². The van der Waals surface area contributed by atoms with E-state index in [4.69, 9.17) is 16.2 Å². The van der Waals surface area contributed by atoms with Gasteiger partial charge in [0.25, 0.3) is 5.91 Å². The van der Waals surface area contributed by atoms with Crippen LogP contribution in [0.4, 0.5) is 13.2 Å². The van der Waals surface area contributed by atoms with Crippen molar-refractivity contribution in [1.82, 2.24) is 4.90 Å². The molecular weight excluding hydrogens is 401 g/mol. The van der Waals surface area contributed by atoms with Crippen LogP contribution in [0, 0.1) is 0 Å². The molecule has 2 amide bonds. The summed E-state index contributed by atoms with van der Waals surface area (Å²) in [6.45, 7) is 1.45. The van der Waals surface area contributed by atoms with E-state index < -0.39 is 23.6 Å². The number of piperidine rings is 1. The Morgan fingerprint density at radius 1 is 1.17 bits per heavy atom. The summed E-state index contributed by atoms with van der Waals surface area (Å²) in [6, 6.07) is 3.40. The average Bonchev–Trinajstić information content (AvgIpc) is 3.19. The monoisotopic (exact) mass is 426 g/mol. The molecule has 2 aliphatic heterocycles. The Hall–Kier alpha value is -2.62. The number of carbonyl (C=O) groups is 2. The highest BCUT2D eigenvalue weighted by Gasteiger charge is 2.37. The SMILES string of the molecule is NC(N)=NC(=O)c1ccc(C2CCN(C(=O)CC3CCCO3)CC2)c(C(F)(F)F)c1. The van der Waals surface area contributed by atoms with E-state index in [0.29, 0.717) is 39.0 Å². The van der Waals surface area contributed by atoms with Gasteiger partial charge < -0.3 is 21.1 Å². The predicted molar refractivity (Wildman–Crippen MR) is 104 cm³/mol. The summed E-state index contributed by atoms with van der Waals surface area (Å²) >= 11 is 0. The van der Waals surface area contributed by atoms with Gasteiger partial charge in [-0.1, -0.05) is 6.07 Å².